The normalized spacial score (nSPS) is 14.0. The minimum atomic E-state index is -0.329. The first-order valence-electron chi connectivity index (χ1n) is 9.43. The first-order chi connectivity index (χ1) is 13.7. The lowest BCUT2D eigenvalue weighted by molar-refractivity contribution is 0.183. The van der Waals surface area contributed by atoms with E-state index in [9.17, 15) is 9.18 Å². The van der Waals surface area contributed by atoms with Crippen LogP contribution in [0.4, 0.5) is 9.18 Å². The van der Waals surface area contributed by atoms with Crippen molar-refractivity contribution in [2.24, 2.45) is 7.05 Å². The highest BCUT2D eigenvalue weighted by Gasteiger charge is 2.30. The molecule has 0 radical (unpaired) electrons. The van der Waals surface area contributed by atoms with E-state index in [2.05, 4.69) is 20.6 Å². The van der Waals surface area contributed by atoms with E-state index in [1.54, 1.807) is 21.7 Å². The number of hydrogen-bond acceptors (Lipinski definition) is 5. The number of aromatic nitrogens is 4. The SMILES string of the molecule is Cn1nc(-c2nc(-c3ccc(F)cc3)no2)c2c1CCN(C(=O)NC(C)(C)C)C2. The first-order valence-corrected chi connectivity index (χ1v) is 9.43. The van der Waals surface area contributed by atoms with Gasteiger partial charge in [0.15, 0.2) is 5.69 Å². The molecule has 0 fully saturated rings. The van der Waals surface area contributed by atoms with Gasteiger partial charge in [0, 0.05) is 42.4 Å². The van der Waals surface area contributed by atoms with E-state index < -0.39 is 0 Å². The fraction of sp³-hybridized carbons (Fsp3) is 0.400. The molecule has 3 heterocycles. The lowest BCUT2D eigenvalue weighted by Gasteiger charge is -2.31. The fourth-order valence-electron chi connectivity index (χ4n) is 3.37. The summed E-state index contributed by atoms with van der Waals surface area (Å²) in [5.74, 6) is 0.307. The smallest absolute Gasteiger partial charge is 0.318 e. The number of amides is 2. The number of halogens is 1. The zero-order valence-corrected chi connectivity index (χ0v) is 16.9. The molecule has 4 rings (SSSR count). The van der Waals surface area contributed by atoms with Gasteiger partial charge in [-0.15, -0.1) is 0 Å². The van der Waals surface area contributed by atoms with Crippen molar-refractivity contribution in [3.8, 4) is 23.0 Å². The van der Waals surface area contributed by atoms with Crippen LogP contribution in [0.2, 0.25) is 0 Å². The molecule has 1 aliphatic heterocycles. The molecule has 1 N–H and O–H groups in total. The summed E-state index contributed by atoms with van der Waals surface area (Å²) in [6.45, 7) is 6.87. The second-order valence-electron chi connectivity index (χ2n) is 8.18. The standard InChI is InChI=1S/C20H23FN6O2/c1-20(2,3)23-19(28)27-10-9-15-14(11-27)16(24-26(15)4)18-22-17(25-29-18)12-5-7-13(21)8-6-12/h5-8H,9-11H2,1-4H3,(H,23,28). The highest BCUT2D eigenvalue weighted by Crippen LogP contribution is 2.30. The van der Waals surface area contributed by atoms with E-state index in [4.69, 9.17) is 4.52 Å². The molecule has 0 atom stereocenters. The Hall–Kier alpha value is -3.23. The van der Waals surface area contributed by atoms with Gasteiger partial charge in [0.05, 0.1) is 6.54 Å². The van der Waals surface area contributed by atoms with Gasteiger partial charge in [-0.3, -0.25) is 4.68 Å². The van der Waals surface area contributed by atoms with Crippen molar-refractivity contribution in [3.05, 3.63) is 41.3 Å². The van der Waals surface area contributed by atoms with Crippen molar-refractivity contribution in [2.75, 3.05) is 6.54 Å². The summed E-state index contributed by atoms with van der Waals surface area (Å²) in [6, 6.07) is 5.77. The number of carbonyl (C=O) groups excluding carboxylic acids is 1. The average Bonchev–Trinajstić information content (AvgIpc) is 3.26. The van der Waals surface area contributed by atoms with Gasteiger partial charge >= 0.3 is 6.03 Å². The third-order valence-corrected chi connectivity index (χ3v) is 4.74. The summed E-state index contributed by atoms with van der Waals surface area (Å²) in [4.78, 5) is 18.8. The number of aryl methyl sites for hydroxylation is 1. The molecule has 29 heavy (non-hydrogen) atoms. The molecule has 0 saturated heterocycles. The monoisotopic (exact) mass is 398 g/mol. The van der Waals surface area contributed by atoms with Crippen LogP contribution in [0.25, 0.3) is 23.0 Å². The fourth-order valence-corrected chi connectivity index (χ4v) is 3.37. The predicted octanol–water partition coefficient (Wildman–Crippen LogP) is 3.14. The molecule has 0 bridgehead atoms. The Kier molecular flexibility index (Phi) is 4.60. The predicted molar refractivity (Wildman–Crippen MR) is 104 cm³/mol. The number of urea groups is 1. The topological polar surface area (TPSA) is 89.1 Å². The maximum absolute atomic E-state index is 13.2. The maximum atomic E-state index is 13.2. The van der Waals surface area contributed by atoms with Crippen LogP contribution in [0, 0.1) is 5.82 Å². The molecule has 1 aliphatic rings. The molecule has 9 heteroatoms. The summed E-state index contributed by atoms with van der Waals surface area (Å²) < 4.78 is 20.4. The molecule has 0 aliphatic carbocycles. The Balaban J connectivity index is 1.63. The van der Waals surface area contributed by atoms with E-state index in [0.717, 1.165) is 11.3 Å². The van der Waals surface area contributed by atoms with E-state index in [1.165, 1.54) is 12.1 Å². The third kappa shape index (κ3) is 3.85. The number of rotatable bonds is 2. The van der Waals surface area contributed by atoms with E-state index in [0.29, 0.717) is 36.6 Å². The van der Waals surface area contributed by atoms with Gasteiger partial charge < -0.3 is 14.7 Å². The van der Waals surface area contributed by atoms with Crippen LogP contribution in [-0.2, 0) is 20.0 Å². The van der Waals surface area contributed by atoms with Gasteiger partial charge in [-0.2, -0.15) is 10.1 Å². The van der Waals surface area contributed by atoms with E-state index in [-0.39, 0.29) is 23.3 Å². The molecule has 0 unspecified atom stereocenters. The summed E-state index contributed by atoms with van der Waals surface area (Å²) in [5, 5.41) is 11.6. The lowest BCUT2D eigenvalue weighted by atomic mass is 10.0. The molecule has 2 amide bonds. The highest BCUT2D eigenvalue weighted by molar-refractivity contribution is 5.76. The van der Waals surface area contributed by atoms with Crippen LogP contribution in [0.5, 0.6) is 0 Å². The number of nitrogens with zero attached hydrogens (tertiary/aromatic N) is 5. The largest absolute Gasteiger partial charge is 0.333 e. The molecule has 1 aromatic carbocycles. The average molecular weight is 398 g/mol. The molecule has 0 spiro atoms. The molecular weight excluding hydrogens is 375 g/mol. The molecule has 2 aromatic heterocycles. The highest BCUT2D eigenvalue weighted by atomic mass is 19.1. The van der Waals surface area contributed by atoms with Gasteiger partial charge in [0.2, 0.25) is 5.82 Å². The molecular formula is C20H23FN6O2. The Bertz CT molecular complexity index is 1050. The maximum Gasteiger partial charge on any atom is 0.318 e. The Morgan fingerprint density at radius 1 is 1.24 bits per heavy atom. The van der Waals surface area contributed by atoms with Crippen molar-refractivity contribution in [3.63, 3.8) is 0 Å². The summed E-state index contributed by atoms with van der Waals surface area (Å²) in [5.41, 5.74) is 2.85. The number of fused-ring (bicyclic) bond motifs is 1. The Labute approximate surface area is 167 Å². The molecule has 0 saturated carbocycles. The van der Waals surface area contributed by atoms with Crippen LogP contribution in [0.3, 0.4) is 0 Å². The number of nitrogens with one attached hydrogen (secondary N) is 1. The van der Waals surface area contributed by atoms with Crippen LogP contribution in [0.15, 0.2) is 28.8 Å². The second kappa shape index (κ2) is 6.98. The summed E-state index contributed by atoms with van der Waals surface area (Å²) in [7, 11) is 1.87. The van der Waals surface area contributed by atoms with Gasteiger partial charge in [0.25, 0.3) is 5.89 Å². The molecule has 8 nitrogen and oxygen atoms in total. The minimum Gasteiger partial charge on any atom is -0.333 e. The molecule has 3 aromatic rings. The van der Waals surface area contributed by atoms with Gasteiger partial charge in [-0.1, -0.05) is 5.16 Å². The first kappa shape index (κ1) is 19.1. The minimum absolute atomic E-state index is 0.115. The van der Waals surface area contributed by atoms with Gasteiger partial charge in [-0.25, -0.2) is 9.18 Å². The Morgan fingerprint density at radius 2 is 1.97 bits per heavy atom. The Morgan fingerprint density at radius 3 is 2.66 bits per heavy atom. The zero-order chi connectivity index (χ0) is 20.8. The van der Waals surface area contributed by atoms with Crippen molar-refractivity contribution >= 4 is 6.03 Å². The van der Waals surface area contributed by atoms with Crippen molar-refractivity contribution in [1.82, 2.24) is 30.1 Å². The van der Waals surface area contributed by atoms with Gasteiger partial charge in [-0.05, 0) is 45.0 Å². The van der Waals surface area contributed by atoms with Crippen LogP contribution >= 0.6 is 0 Å². The molecule has 152 valence electrons. The second-order valence-corrected chi connectivity index (χ2v) is 8.18. The zero-order valence-electron chi connectivity index (χ0n) is 16.9. The van der Waals surface area contributed by atoms with Crippen LogP contribution in [0.1, 0.15) is 32.0 Å². The van der Waals surface area contributed by atoms with Crippen molar-refractivity contribution < 1.29 is 13.7 Å². The van der Waals surface area contributed by atoms with Crippen LogP contribution in [-0.4, -0.2) is 42.9 Å². The third-order valence-electron chi connectivity index (χ3n) is 4.74. The van der Waals surface area contributed by atoms with Crippen molar-refractivity contribution in [2.45, 2.75) is 39.3 Å². The number of hydrogen-bond donors (Lipinski definition) is 1. The number of benzene rings is 1. The summed E-state index contributed by atoms with van der Waals surface area (Å²) in [6.07, 6.45) is 0.690. The van der Waals surface area contributed by atoms with Gasteiger partial charge in [0.1, 0.15) is 5.82 Å². The summed E-state index contributed by atoms with van der Waals surface area (Å²) >= 11 is 0. The van der Waals surface area contributed by atoms with E-state index in [1.807, 2.05) is 27.8 Å². The quantitative estimate of drug-likeness (QED) is 0.716. The van der Waals surface area contributed by atoms with Crippen LogP contribution < -0.4 is 5.32 Å². The van der Waals surface area contributed by atoms with Crippen molar-refractivity contribution in [1.29, 1.82) is 0 Å². The number of carbonyl (C=O) groups is 1. The van der Waals surface area contributed by atoms with E-state index >= 15 is 0 Å². The lowest BCUT2D eigenvalue weighted by Crippen LogP contribution is -2.49.